The van der Waals surface area contributed by atoms with E-state index in [4.69, 9.17) is 5.73 Å². The minimum absolute atomic E-state index is 0.388. The molecule has 0 fully saturated rings. The Balaban J connectivity index is 2.29. The van der Waals surface area contributed by atoms with E-state index in [0.29, 0.717) is 12.5 Å². The van der Waals surface area contributed by atoms with E-state index in [1.54, 1.807) is 0 Å². The van der Waals surface area contributed by atoms with Crippen molar-refractivity contribution in [2.75, 3.05) is 6.54 Å². The van der Waals surface area contributed by atoms with Crippen molar-refractivity contribution in [1.29, 1.82) is 0 Å². The number of aromatic nitrogens is 3. The van der Waals surface area contributed by atoms with Crippen LogP contribution in [0.25, 0.3) is 0 Å². The van der Waals surface area contributed by atoms with Crippen molar-refractivity contribution >= 4 is 0 Å². The molecule has 1 aromatic heterocycles. The van der Waals surface area contributed by atoms with Crippen LogP contribution < -0.4 is 5.73 Å². The fourth-order valence-corrected chi connectivity index (χ4v) is 1.93. The summed E-state index contributed by atoms with van der Waals surface area (Å²) < 4.78 is 2.24. The lowest BCUT2D eigenvalue weighted by atomic mass is 10.1. The number of rotatable bonds is 3. The van der Waals surface area contributed by atoms with Crippen LogP contribution in [-0.2, 0) is 13.0 Å². The minimum atomic E-state index is 0.388. The van der Waals surface area contributed by atoms with Crippen molar-refractivity contribution in [2.24, 2.45) is 5.73 Å². The third kappa shape index (κ3) is 1.35. The Morgan fingerprint density at radius 2 is 2.38 bits per heavy atom. The minimum Gasteiger partial charge on any atom is -0.330 e. The normalized spacial score (nSPS) is 17.4. The second kappa shape index (κ2) is 3.46. The van der Waals surface area contributed by atoms with Crippen LogP contribution in [-0.4, -0.2) is 21.3 Å². The molecule has 0 aliphatic carbocycles. The van der Waals surface area contributed by atoms with E-state index in [0.717, 1.165) is 31.0 Å². The topological polar surface area (TPSA) is 56.7 Å². The lowest BCUT2D eigenvalue weighted by molar-refractivity contribution is 0.576. The highest BCUT2D eigenvalue weighted by molar-refractivity contribution is 5.05. The average molecular weight is 180 g/mol. The van der Waals surface area contributed by atoms with Crippen LogP contribution in [0.2, 0.25) is 0 Å². The number of hydrogen-bond acceptors (Lipinski definition) is 3. The predicted molar refractivity (Wildman–Crippen MR) is 50.4 cm³/mol. The summed E-state index contributed by atoms with van der Waals surface area (Å²) in [5.41, 5.74) is 5.69. The summed E-state index contributed by atoms with van der Waals surface area (Å²) in [7, 11) is 0. The Hall–Kier alpha value is -0.900. The highest BCUT2D eigenvalue weighted by Crippen LogP contribution is 2.21. The van der Waals surface area contributed by atoms with Crippen molar-refractivity contribution in [3.63, 3.8) is 0 Å². The second-order valence-corrected chi connectivity index (χ2v) is 3.57. The second-order valence-electron chi connectivity index (χ2n) is 3.57. The molecule has 0 saturated heterocycles. The highest BCUT2D eigenvalue weighted by atomic mass is 15.3. The molecule has 1 aliphatic heterocycles. The molecule has 1 aliphatic rings. The summed E-state index contributed by atoms with van der Waals surface area (Å²) in [6.45, 7) is 3.90. The van der Waals surface area contributed by atoms with Crippen LogP contribution in [0.4, 0.5) is 0 Å². The molecule has 0 bridgehead atoms. The van der Waals surface area contributed by atoms with Gasteiger partial charge in [-0.1, -0.05) is 6.92 Å². The zero-order valence-corrected chi connectivity index (χ0v) is 8.03. The number of nitrogens with zero attached hydrogens (tertiary/aromatic N) is 3. The van der Waals surface area contributed by atoms with Crippen LogP contribution in [0.3, 0.4) is 0 Å². The molecule has 0 aromatic carbocycles. The Bertz CT molecular complexity index is 288. The van der Waals surface area contributed by atoms with E-state index < -0.39 is 0 Å². The fraction of sp³-hybridized carbons (Fsp3) is 0.778. The SMILES string of the molecule is CCC(CN)c1nnc2n1CCC2. The maximum absolute atomic E-state index is 5.69. The Morgan fingerprint density at radius 3 is 3.08 bits per heavy atom. The molecule has 13 heavy (non-hydrogen) atoms. The van der Waals surface area contributed by atoms with Crippen LogP contribution in [0.1, 0.15) is 37.3 Å². The van der Waals surface area contributed by atoms with E-state index >= 15 is 0 Å². The van der Waals surface area contributed by atoms with Crippen LogP contribution in [0, 0.1) is 0 Å². The highest BCUT2D eigenvalue weighted by Gasteiger charge is 2.21. The first-order chi connectivity index (χ1) is 6.36. The third-order valence-corrected chi connectivity index (χ3v) is 2.78. The number of nitrogens with two attached hydrogens (primary N) is 1. The summed E-state index contributed by atoms with van der Waals surface area (Å²) >= 11 is 0. The van der Waals surface area contributed by atoms with Crippen molar-refractivity contribution < 1.29 is 0 Å². The van der Waals surface area contributed by atoms with Gasteiger partial charge in [-0.05, 0) is 12.8 Å². The largest absolute Gasteiger partial charge is 0.330 e. The van der Waals surface area contributed by atoms with Crippen molar-refractivity contribution in [1.82, 2.24) is 14.8 Å². The van der Waals surface area contributed by atoms with E-state index in [9.17, 15) is 0 Å². The van der Waals surface area contributed by atoms with Gasteiger partial charge in [0.25, 0.3) is 0 Å². The lowest BCUT2D eigenvalue weighted by Crippen LogP contribution is -2.16. The van der Waals surface area contributed by atoms with Gasteiger partial charge in [-0.2, -0.15) is 0 Å². The molecule has 2 rings (SSSR count). The molecule has 4 heteroatoms. The van der Waals surface area contributed by atoms with E-state index in [2.05, 4.69) is 21.7 Å². The standard InChI is InChI=1S/C9H16N4/c1-2-7(6-10)9-12-11-8-4-3-5-13(8)9/h7H,2-6,10H2,1H3. The molecule has 0 radical (unpaired) electrons. The Kier molecular flexibility index (Phi) is 2.31. The molecule has 0 amide bonds. The summed E-state index contributed by atoms with van der Waals surface area (Å²) in [6.07, 6.45) is 3.33. The molecule has 2 heterocycles. The zero-order chi connectivity index (χ0) is 9.26. The molecular weight excluding hydrogens is 164 g/mol. The smallest absolute Gasteiger partial charge is 0.137 e. The maximum atomic E-state index is 5.69. The van der Waals surface area contributed by atoms with Crippen LogP contribution in [0.15, 0.2) is 0 Å². The molecule has 0 spiro atoms. The van der Waals surface area contributed by atoms with Crippen molar-refractivity contribution in [2.45, 2.75) is 38.6 Å². The summed E-state index contributed by atoms with van der Waals surface area (Å²) in [5, 5.41) is 8.38. The van der Waals surface area contributed by atoms with Gasteiger partial charge >= 0.3 is 0 Å². The van der Waals surface area contributed by atoms with Gasteiger partial charge in [0.2, 0.25) is 0 Å². The molecular formula is C9H16N4. The molecule has 1 atom stereocenters. The summed E-state index contributed by atoms with van der Waals surface area (Å²) in [6, 6.07) is 0. The van der Waals surface area contributed by atoms with E-state index in [1.165, 1.54) is 6.42 Å². The quantitative estimate of drug-likeness (QED) is 0.744. The van der Waals surface area contributed by atoms with Crippen molar-refractivity contribution in [3.8, 4) is 0 Å². The molecule has 72 valence electrons. The monoisotopic (exact) mass is 180 g/mol. The average Bonchev–Trinajstić information content (AvgIpc) is 2.70. The predicted octanol–water partition coefficient (Wildman–Crippen LogP) is 0.677. The number of aryl methyl sites for hydroxylation is 1. The Labute approximate surface area is 78.1 Å². The van der Waals surface area contributed by atoms with Gasteiger partial charge in [-0.3, -0.25) is 0 Å². The van der Waals surface area contributed by atoms with Crippen molar-refractivity contribution in [3.05, 3.63) is 11.6 Å². The van der Waals surface area contributed by atoms with Gasteiger partial charge in [-0.25, -0.2) is 0 Å². The van der Waals surface area contributed by atoms with Crippen LogP contribution in [0.5, 0.6) is 0 Å². The summed E-state index contributed by atoms with van der Waals surface area (Å²) in [5.74, 6) is 2.62. The Morgan fingerprint density at radius 1 is 1.54 bits per heavy atom. The third-order valence-electron chi connectivity index (χ3n) is 2.78. The van der Waals surface area contributed by atoms with Gasteiger partial charge in [0.1, 0.15) is 11.6 Å². The lowest BCUT2D eigenvalue weighted by Gasteiger charge is -2.11. The number of hydrogen-bond donors (Lipinski definition) is 1. The van der Waals surface area contributed by atoms with Gasteiger partial charge in [0.15, 0.2) is 0 Å². The first-order valence-corrected chi connectivity index (χ1v) is 4.98. The van der Waals surface area contributed by atoms with E-state index in [-0.39, 0.29) is 0 Å². The summed E-state index contributed by atoms with van der Waals surface area (Å²) in [4.78, 5) is 0. The number of fused-ring (bicyclic) bond motifs is 1. The van der Waals surface area contributed by atoms with Gasteiger partial charge in [-0.15, -0.1) is 10.2 Å². The van der Waals surface area contributed by atoms with Gasteiger partial charge < -0.3 is 10.3 Å². The zero-order valence-electron chi connectivity index (χ0n) is 8.03. The van der Waals surface area contributed by atoms with Gasteiger partial charge in [0, 0.05) is 25.4 Å². The molecule has 4 nitrogen and oxygen atoms in total. The molecule has 1 unspecified atom stereocenters. The molecule has 0 saturated carbocycles. The first kappa shape index (κ1) is 8.69. The van der Waals surface area contributed by atoms with E-state index in [1.807, 2.05) is 0 Å². The maximum Gasteiger partial charge on any atom is 0.137 e. The molecule has 1 aromatic rings. The first-order valence-electron chi connectivity index (χ1n) is 4.98. The van der Waals surface area contributed by atoms with Crippen LogP contribution >= 0.6 is 0 Å². The molecule has 2 N–H and O–H groups in total. The van der Waals surface area contributed by atoms with Gasteiger partial charge in [0.05, 0.1) is 0 Å². The fourth-order valence-electron chi connectivity index (χ4n) is 1.93.